The number of carbonyl (C=O) groups is 1. The second kappa shape index (κ2) is 8.01. The van der Waals surface area contributed by atoms with Gasteiger partial charge in [-0.15, -0.1) is 0 Å². The quantitative estimate of drug-likeness (QED) is 0.833. The lowest BCUT2D eigenvalue weighted by Crippen LogP contribution is -2.43. The fourth-order valence-corrected chi connectivity index (χ4v) is 2.80. The molecule has 1 aliphatic heterocycles. The molecule has 1 heterocycles. The van der Waals surface area contributed by atoms with Crippen molar-refractivity contribution in [2.24, 2.45) is 0 Å². The van der Waals surface area contributed by atoms with Crippen LogP contribution in [0.2, 0.25) is 0 Å². The predicted molar refractivity (Wildman–Crippen MR) is 93.3 cm³/mol. The van der Waals surface area contributed by atoms with Crippen molar-refractivity contribution in [3.8, 4) is 11.5 Å². The summed E-state index contributed by atoms with van der Waals surface area (Å²) in [6.45, 7) is 3.34. The number of aryl methyl sites for hydroxylation is 1. The number of ether oxygens (including phenoxy) is 2. The average molecular weight is 343 g/mol. The summed E-state index contributed by atoms with van der Waals surface area (Å²) in [6, 6.07) is 13.7. The van der Waals surface area contributed by atoms with Crippen molar-refractivity contribution in [3.63, 3.8) is 0 Å². The molecule has 5 heteroatoms. The molecule has 0 atom stereocenters. The van der Waals surface area contributed by atoms with Gasteiger partial charge in [-0.1, -0.05) is 17.7 Å². The first-order chi connectivity index (χ1) is 12.1. The summed E-state index contributed by atoms with van der Waals surface area (Å²) in [5.74, 6) is 1.07. The summed E-state index contributed by atoms with van der Waals surface area (Å²) in [5.41, 5.74) is 1.15. The third-order valence-corrected chi connectivity index (χ3v) is 4.29. The minimum absolute atomic E-state index is 0.0131. The summed E-state index contributed by atoms with van der Waals surface area (Å²) in [6.07, 6.45) is 1.56. The number of hydrogen-bond acceptors (Lipinski definition) is 3. The van der Waals surface area contributed by atoms with Crippen molar-refractivity contribution in [3.05, 3.63) is 59.9 Å². The highest BCUT2D eigenvalue weighted by Gasteiger charge is 2.24. The first-order valence-corrected chi connectivity index (χ1v) is 8.49. The zero-order valence-electron chi connectivity index (χ0n) is 14.3. The van der Waals surface area contributed by atoms with Crippen LogP contribution in [0.3, 0.4) is 0 Å². The molecule has 0 saturated carbocycles. The molecule has 1 aliphatic rings. The van der Waals surface area contributed by atoms with Gasteiger partial charge < -0.3 is 14.4 Å². The molecule has 1 saturated heterocycles. The molecule has 132 valence electrons. The monoisotopic (exact) mass is 343 g/mol. The maximum Gasteiger partial charge on any atom is 0.260 e. The fraction of sp³-hybridized carbons (Fsp3) is 0.350. The van der Waals surface area contributed by atoms with Crippen LogP contribution in [0.4, 0.5) is 4.39 Å². The van der Waals surface area contributed by atoms with Crippen molar-refractivity contribution < 1.29 is 18.7 Å². The van der Waals surface area contributed by atoms with Crippen molar-refractivity contribution >= 4 is 5.91 Å². The smallest absolute Gasteiger partial charge is 0.260 e. The molecule has 4 nitrogen and oxygen atoms in total. The Morgan fingerprint density at radius 2 is 1.64 bits per heavy atom. The Hall–Kier alpha value is -2.56. The Bertz CT molecular complexity index is 692. The Kier molecular flexibility index (Phi) is 5.53. The predicted octanol–water partition coefficient (Wildman–Crippen LogP) is 3.58. The van der Waals surface area contributed by atoms with Gasteiger partial charge >= 0.3 is 0 Å². The van der Waals surface area contributed by atoms with E-state index in [-0.39, 0.29) is 24.4 Å². The van der Waals surface area contributed by atoms with Crippen LogP contribution in [0.5, 0.6) is 11.5 Å². The molecule has 25 heavy (non-hydrogen) atoms. The number of amides is 1. The van der Waals surface area contributed by atoms with E-state index in [0.29, 0.717) is 24.6 Å². The van der Waals surface area contributed by atoms with E-state index in [2.05, 4.69) is 0 Å². The van der Waals surface area contributed by atoms with Crippen LogP contribution in [0.25, 0.3) is 0 Å². The summed E-state index contributed by atoms with van der Waals surface area (Å²) in [4.78, 5) is 14.1. The third kappa shape index (κ3) is 4.95. The van der Waals surface area contributed by atoms with Gasteiger partial charge in [0.1, 0.15) is 23.4 Å². The van der Waals surface area contributed by atoms with Crippen LogP contribution in [0.1, 0.15) is 18.4 Å². The van der Waals surface area contributed by atoms with Crippen LogP contribution in [0.15, 0.2) is 48.5 Å². The van der Waals surface area contributed by atoms with Gasteiger partial charge in [0.15, 0.2) is 6.61 Å². The molecule has 3 rings (SSSR count). The van der Waals surface area contributed by atoms with Crippen molar-refractivity contribution in [1.82, 2.24) is 4.90 Å². The largest absolute Gasteiger partial charge is 0.490 e. The maximum absolute atomic E-state index is 12.9. The first kappa shape index (κ1) is 17.3. The van der Waals surface area contributed by atoms with Gasteiger partial charge in [-0.25, -0.2) is 4.39 Å². The zero-order chi connectivity index (χ0) is 17.6. The van der Waals surface area contributed by atoms with Gasteiger partial charge in [0.25, 0.3) is 5.91 Å². The molecule has 0 aromatic heterocycles. The van der Waals surface area contributed by atoms with E-state index < -0.39 is 0 Å². The van der Waals surface area contributed by atoms with Crippen molar-refractivity contribution in [1.29, 1.82) is 0 Å². The van der Waals surface area contributed by atoms with E-state index in [9.17, 15) is 9.18 Å². The minimum atomic E-state index is -0.277. The van der Waals surface area contributed by atoms with E-state index in [1.807, 2.05) is 31.2 Å². The molecule has 1 fully saturated rings. The van der Waals surface area contributed by atoms with E-state index in [1.54, 1.807) is 17.0 Å². The standard InChI is InChI=1S/C20H22FNO3/c1-15-2-6-17(7-3-15)24-14-20(23)22-12-10-19(11-13-22)25-18-8-4-16(21)5-9-18/h2-9,19H,10-14H2,1H3. The Morgan fingerprint density at radius 3 is 2.28 bits per heavy atom. The van der Waals surface area contributed by atoms with Crippen LogP contribution in [-0.2, 0) is 4.79 Å². The molecule has 2 aromatic rings. The second-order valence-electron chi connectivity index (χ2n) is 6.25. The summed E-state index contributed by atoms with van der Waals surface area (Å²) in [5, 5.41) is 0. The molecular weight excluding hydrogens is 321 g/mol. The highest BCUT2D eigenvalue weighted by molar-refractivity contribution is 5.77. The van der Waals surface area contributed by atoms with Crippen LogP contribution in [-0.4, -0.2) is 36.6 Å². The number of halogens is 1. The first-order valence-electron chi connectivity index (χ1n) is 8.49. The highest BCUT2D eigenvalue weighted by atomic mass is 19.1. The van der Waals surface area contributed by atoms with E-state index >= 15 is 0 Å². The summed E-state index contributed by atoms with van der Waals surface area (Å²) in [7, 11) is 0. The van der Waals surface area contributed by atoms with Crippen LogP contribution in [0, 0.1) is 12.7 Å². The number of benzene rings is 2. The molecule has 0 unspecified atom stereocenters. The maximum atomic E-state index is 12.9. The van der Waals surface area contributed by atoms with Crippen molar-refractivity contribution in [2.75, 3.05) is 19.7 Å². The second-order valence-corrected chi connectivity index (χ2v) is 6.25. The molecule has 1 amide bonds. The lowest BCUT2D eigenvalue weighted by molar-refractivity contribution is -0.135. The number of carbonyl (C=O) groups excluding carboxylic acids is 1. The third-order valence-electron chi connectivity index (χ3n) is 4.29. The molecule has 0 radical (unpaired) electrons. The van der Waals surface area contributed by atoms with Gasteiger partial charge in [-0.05, 0) is 43.3 Å². The number of nitrogens with zero attached hydrogens (tertiary/aromatic N) is 1. The zero-order valence-corrected chi connectivity index (χ0v) is 14.3. The fourth-order valence-electron chi connectivity index (χ4n) is 2.80. The van der Waals surface area contributed by atoms with E-state index in [1.165, 1.54) is 12.1 Å². The molecule has 0 aliphatic carbocycles. The minimum Gasteiger partial charge on any atom is -0.490 e. The van der Waals surface area contributed by atoms with Crippen LogP contribution >= 0.6 is 0 Å². The van der Waals surface area contributed by atoms with Gasteiger partial charge in [0.05, 0.1) is 0 Å². The van der Waals surface area contributed by atoms with Crippen molar-refractivity contribution in [2.45, 2.75) is 25.9 Å². The number of hydrogen-bond donors (Lipinski definition) is 0. The normalized spacial score (nSPS) is 15.0. The Balaban J connectivity index is 1.42. The molecule has 0 spiro atoms. The van der Waals surface area contributed by atoms with Crippen LogP contribution < -0.4 is 9.47 Å². The van der Waals surface area contributed by atoms with Gasteiger partial charge in [0.2, 0.25) is 0 Å². The molecular formula is C20H22FNO3. The SMILES string of the molecule is Cc1ccc(OCC(=O)N2CCC(Oc3ccc(F)cc3)CC2)cc1. The van der Waals surface area contributed by atoms with E-state index in [4.69, 9.17) is 9.47 Å². The number of piperidine rings is 1. The van der Waals surface area contributed by atoms with Gasteiger partial charge in [0, 0.05) is 25.9 Å². The molecule has 0 bridgehead atoms. The highest BCUT2D eigenvalue weighted by Crippen LogP contribution is 2.20. The molecule has 0 N–H and O–H groups in total. The summed E-state index contributed by atoms with van der Waals surface area (Å²) >= 11 is 0. The lowest BCUT2D eigenvalue weighted by Gasteiger charge is -2.32. The Morgan fingerprint density at radius 1 is 1.04 bits per heavy atom. The average Bonchev–Trinajstić information content (AvgIpc) is 2.63. The number of likely N-dealkylation sites (tertiary alicyclic amines) is 1. The van der Waals surface area contributed by atoms with E-state index in [0.717, 1.165) is 18.4 Å². The summed E-state index contributed by atoms with van der Waals surface area (Å²) < 4.78 is 24.3. The lowest BCUT2D eigenvalue weighted by atomic mass is 10.1. The molecule has 2 aromatic carbocycles. The Labute approximate surface area is 147 Å². The number of rotatable bonds is 5. The van der Waals surface area contributed by atoms with Gasteiger partial charge in [-0.2, -0.15) is 0 Å². The topological polar surface area (TPSA) is 38.8 Å². The van der Waals surface area contributed by atoms with Gasteiger partial charge in [-0.3, -0.25) is 4.79 Å².